The second-order valence-electron chi connectivity index (χ2n) is 14.8. The lowest BCUT2D eigenvalue weighted by Gasteiger charge is -2.31. The van der Waals surface area contributed by atoms with Gasteiger partial charge in [0, 0.05) is 44.1 Å². The van der Waals surface area contributed by atoms with Crippen LogP contribution in [0.15, 0.2) is 215 Å². The maximum absolute atomic E-state index is 6.75. The third-order valence-corrected chi connectivity index (χ3v) is 11.4. The summed E-state index contributed by atoms with van der Waals surface area (Å²) in [6.45, 7) is 0. The molecule has 2 heterocycles. The molecule has 3 heteroatoms. The first-order chi connectivity index (χ1) is 28.3. The van der Waals surface area contributed by atoms with Gasteiger partial charge in [-0.25, -0.2) is 0 Å². The van der Waals surface area contributed by atoms with Crippen molar-refractivity contribution in [2.45, 2.75) is 12.8 Å². The molecule has 1 aliphatic carbocycles. The average molecular weight is 732 g/mol. The number of fused-ring (bicyclic) bond motifs is 6. The van der Waals surface area contributed by atoms with Gasteiger partial charge >= 0.3 is 0 Å². The standard InChI is InChI=1S/C54H37NO2/c1-4-14-36(15-5-1)37-24-29-42(30-25-37)55(48-22-12-10-20-44(48)39-16-6-2-7-17-39)43-31-26-38(27-32-43)41-28-33-50-46(34-41)47-35-51-53(45-21-11-13-23-49(45)56-51)52(54(47)57-50)40-18-8-3-9-19-40/h1-24,26-29,31-35H,25,30H2. The molecule has 0 atom stereocenters. The number of allylic oxidation sites excluding steroid dienone is 4. The number of benzene rings is 8. The fourth-order valence-electron chi connectivity index (χ4n) is 8.67. The van der Waals surface area contributed by atoms with Crippen LogP contribution in [0.4, 0.5) is 11.4 Å². The molecule has 270 valence electrons. The van der Waals surface area contributed by atoms with Crippen LogP contribution in [0, 0.1) is 0 Å². The summed E-state index contributed by atoms with van der Waals surface area (Å²) in [6, 6.07) is 66.7. The van der Waals surface area contributed by atoms with E-state index in [4.69, 9.17) is 8.83 Å². The summed E-state index contributed by atoms with van der Waals surface area (Å²) in [6.07, 6.45) is 6.51. The van der Waals surface area contributed by atoms with Gasteiger partial charge in [-0.05, 0) is 94.8 Å². The molecule has 1 aliphatic rings. The zero-order valence-electron chi connectivity index (χ0n) is 31.2. The highest BCUT2D eigenvalue weighted by Crippen LogP contribution is 2.46. The average Bonchev–Trinajstić information content (AvgIpc) is 3.85. The molecule has 10 aromatic rings. The highest BCUT2D eigenvalue weighted by atomic mass is 16.3. The van der Waals surface area contributed by atoms with Gasteiger partial charge in [-0.3, -0.25) is 0 Å². The van der Waals surface area contributed by atoms with Gasteiger partial charge in [-0.2, -0.15) is 0 Å². The number of hydrogen-bond donors (Lipinski definition) is 0. The second kappa shape index (κ2) is 13.7. The molecule has 3 nitrogen and oxygen atoms in total. The number of para-hydroxylation sites is 2. The van der Waals surface area contributed by atoms with E-state index in [1.165, 1.54) is 28.0 Å². The molecular weight excluding hydrogens is 695 g/mol. The van der Waals surface area contributed by atoms with Crippen molar-refractivity contribution in [1.29, 1.82) is 0 Å². The van der Waals surface area contributed by atoms with E-state index in [-0.39, 0.29) is 0 Å². The van der Waals surface area contributed by atoms with Crippen LogP contribution in [0.5, 0.6) is 0 Å². The van der Waals surface area contributed by atoms with Crippen LogP contribution in [0.25, 0.3) is 82.8 Å². The molecule has 2 aromatic heterocycles. The molecule has 0 fully saturated rings. The molecule has 0 N–H and O–H groups in total. The van der Waals surface area contributed by atoms with E-state index in [1.807, 2.05) is 12.1 Å². The molecule has 0 bridgehead atoms. The van der Waals surface area contributed by atoms with Gasteiger partial charge in [-0.1, -0.05) is 152 Å². The van der Waals surface area contributed by atoms with Crippen molar-refractivity contribution in [3.05, 3.63) is 211 Å². The highest BCUT2D eigenvalue weighted by Gasteiger charge is 2.23. The van der Waals surface area contributed by atoms with E-state index in [0.717, 1.165) is 90.3 Å². The Bertz CT molecular complexity index is 3150. The van der Waals surface area contributed by atoms with E-state index >= 15 is 0 Å². The molecule has 0 saturated carbocycles. The molecule has 11 rings (SSSR count). The number of hydrogen-bond acceptors (Lipinski definition) is 3. The molecule has 0 unspecified atom stereocenters. The Morgan fingerprint density at radius 2 is 1.05 bits per heavy atom. The maximum Gasteiger partial charge on any atom is 0.144 e. The van der Waals surface area contributed by atoms with Gasteiger partial charge in [-0.15, -0.1) is 0 Å². The molecule has 0 saturated heterocycles. The minimum atomic E-state index is 0.857. The Kier molecular flexibility index (Phi) is 7.96. The van der Waals surface area contributed by atoms with Crippen molar-refractivity contribution in [2.75, 3.05) is 4.90 Å². The van der Waals surface area contributed by atoms with E-state index in [9.17, 15) is 0 Å². The lowest BCUT2D eigenvalue weighted by Crippen LogP contribution is -2.18. The number of rotatable bonds is 7. The van der Waals surface area contributed by atoms with Gasteiger partial charge in [0.25, 0.3) is 0 Å². The molecule has 0 radical (unpaired) electrons. The van der Waals surface area contributed by atoms with Crippen LogP contribution in [0.1, 0.15) is 18.4 Å². The minimum absolute atomic E-state index is 0.857. The Morgan fingerprint density at radius 1 is 0.404 bits per heavy atom. The summed E-state index contributed by atoms with van der Waals surface area (Å²) < 4.78 is 13.2. The largest absolute Gasteiger partial charge is 0.456 e. The fourth-order valence-corrected chi connectivity index (χ4v) is 8.67. The minimum Gasteiger partial charge on any atom is -0.456 e. The quantitative estimate of drug-likeness (QED) is 0.163. The van der Waals surface area contributed by atoms with Crippen LogP contribution in [-0.2, 0) is 0 Å². The van der Waals surface area contributed by atoms with E-state index in [2.05, 4.69) is 193 Å². The van der Waals surface area contributed by atoms with Crippen molar-refractivity contribution in [1.82, 2.24) is 0 Å². The lowest BCUT2D eigenvalue weighted by atomic mass is 9.94. The van der Waals surface area contributed by atoms with Crippen LogP contribution < -0.4 is 4.90 Å². The lowest BCUT2D eigenvalue weighted by molar-refractivity contribution is 0.664. The van der Waals surface area contributed by atoms with E-state index in [1.54, 1.807) is 0 Å². The third kappa shape index (κ3) is 5.75. The number of furan rings is 2. The summed E-state index contributed by atoms with van der Waals surface area (Å²) in [5.74, 6) is 0. The Morgan fingerprint density at radius 3 is 1.81 bits per heavy atom. The van der Waals surface area contributed by atoms with E-state index in [0.29, 0.717) is 0 Å². The first kappa shape index (κ1) is 33.0. The SMILES string of the molecule is C1=C(c2ccccc2)CCC(N(c2ccc(-c3ccc4oc5c(-c6ccccc6)c6c(cc5c4c3)oc3ccccc36)cc2)c2ccccc2-c2ccccc2)=C1. The van der Waals surface area contributed by atoms with Crippen molar-refractivity contribution >= 4 is 60.8 Å². The zero-order valence-corrected chi connectivity index (χ0v) is 31.2. The number of nitrogens with zero attached hydrogens (tertiary/aromatic N) is 1. The molecule has 0 amide bonds. The van der Waals surface area contributed by atoms with Crippen molar-refractivity contribution in [3.63, 3.8) is 0 Å². The summed E-state index contributed by atoms with van der Waals surface area (Å²) in [5, 5.41) is 4.28. The van der Waals surface area contributed by atoms with Gasteiger partial charge < -0.3 is 13.7 Å². The molecule has 0 spiro atoms. The third-order valence-electron chi connectivity index (χ3n) is 11.4. The summed E-state index contributed by atoms with van der Waals surface area (Å²) >= 11 is 0. The topological polar surface area (TPSA) is 29.5 Å². The summed E-state index contributed by atoms with van der Waals surface area (Å²) in [5.41, 5.74) is 16.5. The first-order valence-electron chi connectivity index (χ1n) is 19.6. The normalized spacial score (nSPS) is 13.0. The number of anilines is 2. The zero-order chi connectivity index (χ0) is 37.7. The summed E-state index contributed by atoms with van der Waals surface area (Å²) in [4.78, 5) is 2.45. The molecule has 8 aromatic carbocycles. The Balaban J connectivity index is 1.03. The monoisotopic (exact) mass is 731 g/mol. The fraction of sp³-hybridized carbons (Fsp3) is 0.0370. The smallest absolute Gasteiger partial charge is 0.144 e. The Labute approximate surface area is 331 Å². The second-order valence-corrected chi connectivity index (χ2v) is 14.8. The molecular formula is C54H37NO2. The van der Waals surface area contributed by atoms with Gasteiger partial charge in [0.2, 0.25) is 0 Å². The van der Waals surface area contributed by atoms with Crippen LogP contribution in [0.3, 0.4) is 0 Å². The van der Waals surface area contributed by atoms with Crippen molar-refractivity contribution in [2.24, 2.45) is 0 Å². The van der Waals surface area contributed by atoms with E-state index < -0.39 is 0 Å². The summed E-state index contributed by atoms with van der Waals surface area (Å²) in [7, 11) is 0. The predicted molar refractivity (Wildman–Crippen MR) is 238 cm³/mol. The van der Waals surface area contributed by atoms with Gasteiger partial charge in [0.15, 0.2) is 0 Å². The van der Waals surface area contributed by atoms with Gasteiger partial charge in [0.05, 0.1) is 5.69 Å². The van der Waals surface area contributed by atoms with Crippen molar-refractivity contribution < 1.29 is 8.83 Å². The highest BCUT2D eigenvalue weighted by molar-refractivity contribution is 6.23. The Hall–Kier alpha value is -7.36. The predicted octanol–water partition coefficient (Wildman–Crippen LogP) is 15.4. The van der Waals surface area contributed by atoms with Crippen LogP contribution in [-0.4, -0.2) is 0 Å². The molecule has 0 aliphatic heterocycles. The first-order valence-corrected chi connectivity index (χ1v) is 19.6. The van der Waals surface area contributed by atoms with Crippen molar-refractivity contribution in [3.8, 4) is 33.4 Å². The van der Waals surface area contributed by atoms with Crippen LogP contribution in [0.2, 0.25) is 0 Å². The van der Waals surface area contributed by atoms with Gasteiger partial charge in [0.1, 0.15) is 22.3 Å². The molecule has 57 heavy (non-hydrogen) atoms. The maximum atomic E-state index is 6.75. The van der Waals surface area contributed by atoms with Crippen LogP contribution >= 0.6 is 0 Å².